The number of esters is 1. The minimum absolute atomic E-state index is 0.112. The van der Waals surface area contributed by atoms with Gasteiger partial charge in [0, 0.05) is 31.2 Å². The predicted octanol–water partition coefficient (Wildman–Crippen LogP) is 0.853. The van der Waals surface area contributed by atoms with Crippen LogP contribution in [0.5, 0.6) is 5.75 Å². The number of alkyl halides is 2. The summed E-state index contributed by atoms with van der Waals surface area (Å²) < 4.78 is 68.6. The normalized spacial score (nSPS) is 21.1. The van der Waals surface area contributed by atoms with Gasteiger partial charge in [-0.15, -0.1) is 0 Å². The van der Waals surface area contributed by atoms with E-state index in [1.165, 1.54) is 28.1 Å². The number of nitrogens with one attached hydrogen (secondary N) is 1. The molecule has 1 fully saturated rings. The monoisotopic (exact) mass is 674 g/mol. The molecule has 3 aromatic rings. The average Bonchev–Trinajstić information content (AvgIpc) is 3.51. The lowest BCUT2D eigenvalue weighted by atomic mass is 10.1. The first-order valence-corrected chi connectivity index (χ1v) is 15.3. The smallest absolute Gasteiger partial charge is 0.403 e. The summed E-state index contributed by atoms with van der Waals surface area (Å²) in [6.07, 6.45) is -6.37. The van der Waals surface area contributed by atoms with Gasteiger partial charge < -0.3 is 38.6 Å². The number of fused-ring (bicyclic) bond motifs is 1. The Labute approximate surface area is 260 Å². The van der Waals surface area contributed by atoms with Gasteiger partial charge in [-0.05, 0) is 31.2 Å². The Kier molecular flexibility index (Phi) is 10.6. The van der Waals surface area contributed by atoms with Gasteiger partial charge in [0.05, 0.1) is 38.5 Å². The highest BCUT2D eigenvalue weighted by molar-refractivity contribution is 7.50. The second kappa shape index (κ2) is 13.9. The van der Waals surface area contributed by atoms with E-state index in [-0.39, 0.29) is 24.7 Å². The number of amides is 1. The molecule has 0 aliphatic carbocycles. The maximum absolute atomic E-state index is 15.0. The number of methoxy groups -OCH3 is 1. The van der Waals surface area contributed by atoms with Crippen LogP contribution < -0.4 is 15.5 Å². The number of hydrogen-bond donors (Lipinski definition) is 4. The summed E-state index contributed by atoms with van der Waals surface area (Å²) in [4.78, 5) is 51.8. The first kappa shape index (κ1) is 35.1. The van der Waals surface area contributed by atoms with E-state index in [2.05, 4.69) is 10.1 Å². The Balaban J connectivity index is 1.37. The van der Waals surface area contributed by atoms with E-state index < -0.39 is 68.7 Å². The molecule has 19 heteroatoms. The van der Waals surface area contributed by atoms with E-state index in [0.29, 0.717) is 26.8 Å². The number of aliphatic hydroxyl groups excluding tert-OH is 2. The molecule has 5 atom stereocenters. The van der Waals surface area contributed by atoms with Gasteiger partial charge in [0.15, 0.2) is 6.10 Å². The van der Waals surface area contributed by atoms with Crippen LogP contribution in [0.2, 0.25) is 0 Å². The van der Waals surface area contributed by atoms with Crippen LogP contribution in [0.3, 0.4) is 0 Å². The van der Waals surface area contributed by atoms with Gasteiger partial charge in [0.1, 0.15) is 29.8 Å². The first-order valence-electron chi connectivity index (χ1n) is 13.7. The van der Waals surface area contributed by atoms with Crippen LogP contribution in [0.15, 0.2) is 39.7 Å². The SMILES string of the molecule is COc1cc(CO)c2oc(COC(=O)Cc3ccn([C@@H]4OC(COP(=O)(O)N[C@@H](C)C(=O)N(C)C)[C@@H](O)C4(F)F)c(=O)n3)cc2c1. The summed E-state index contributed by atoms with van der Waals surface area (Å²) in [6.45, 7) is -0.314. The summed E-state index contributed by atoms with van der Waals surface area (Å²) in [5.74, 6) is -4.68. The Morgan fingerprint density at radius 1 is 1.28 bits per heavy atom. The van der Waals surface area contributed by atoms with Crippen molar-refractivity contribution in [3.63, 3.8) is 0 Å². The third-order valence-corrected chi connectivity index (χ3v) is 8.14. The molecule has 0 radical (unpaired) electrons. The van der Waals surface area contributed by atoms with Gasteiger partial charge in [-0.2, -0.15) is 13.8 Å². The van der Waals surface area contributed by atoms with Crippen LogP contribution in [0.25, 0.3) is 11.0 Å². The number of ether oxygens (including phenoxy) is 3. The Bertz CT molecular complexity index is 1700. The van der Waals surface area contributed by atoms with Gasteiger partial charge in [0.25, 0.3) is 0 Å². The minimum atomic E-state index is -4.70. The van der Waals surface area contributed by atoms with E-state index >= 15 is 0 Å². The second-order valence-corrected chi connectivity index (χ2v) is 12.1. The molecular formula is C27H33F2N4O12P. The third kappa shape index (κ3) is 7.78. The molecule has 1 aromatic carbocycles. The lowest BCUT2D eigenvalue weighted by Gasteiger charge is -2.22. The Morgan fingerprint density at radius 3 is 2.63 bits per heavy atom. The molecule has 0 spiro atoms. The average molecular weight is 675 g/mol. The maximum Gasteiger partial charge on any atom is 0.403 e. The van der Waals surface area contributed by atoms with Crippen molar-refractivity contribution in [2.24, 2.45) is 0 Å². The number of furan rings is 1. The van der Waals surface area contributed by atoms with E-state index in [1.54, 1.807) is 18.2 Å². The standard InChI is InChI=1S/C27H33F2N4O12P/c1-14(24(37)32(2)3)31-46(39,40)43-13-20-23(36)27(28,29)25(45-20)33-6-5-17(30-26(33)38)10-21(35)42-12-19-8-15-7-18(41-4)9-16(11-34)22(15)44-19/h5-9,14,20,23,25,34,36H,10-13H2,1-4H3,(H2,31,39,40)/t14-,20?,23+,25+/m0/s1. The molecule has 16 nitrogen and oxygen atoms in total. The van der Waals surface area contributed by atoms with E-state index in [1.807, 2.05) is 0 Å². The van der Waals surface area contributed by atoms with Gasteiger partial charge in [0.2, 0.25) is 12.1 Å². The van der Waals surface area contributed by atoms with Crippen LogP contribution in [-0.2, 0) is 47.8 Å². The summed E-state index contributed by atoms with van der Waals surface area (Å²) in [5.41, 5.74) is -0.499. The Hall–Kier alpha value is -3.77. The lowest BCUT2D eigenvalue weighted by molar-refractivity contribution is -0.144. The molecule has 252 valence electrons. The molecule has 46 heavy (non-hydrogen) atoms. The lowest BCUT2D eigenvalue weighted by Crippen LogP contribution is -2.42. The van der Waals surface area contributed by atoms with Crippen molar-refractivity contribution in [2.75, 3.05) is 27.8 Å². The van der Waals surface area contributed by atoms with Crippen LogP contribution in [0.4, 0.5) is 8.78 Å². The molecule has 0 saturated carbocycles. The van der Waals surface area contributed by atoms with Crippen molar-refractivity contribution in [1.29, 1.82) is 0 Å². The van der Waals surface area contributed by atoms with Crippen LogP contribution >= 0.6 is 7.75 Å². The molecular weight excluding hydrogens is 641 g/mol. The molecule has 1 aliphatic rings. The van der Waals surface area contributed by atoms with Gasteiger partial charge >= 0.3 is 25.3 Å². The zero-order chi connectivity index (χ0) is 34.0. The fraction of sp³-hybridized carbons (Fsp3) is 0.481. The highest BCUT2D eigenvalue weighted by atomic mass is 31.2. The van der Waals surface area contributed by atoms with Crippen LogP contribution in [0.1, 0.15) is 30.2 Å². The van der Waals surface area contributed by atoms with E-state index in [9.17, 15) is 42.8 Å². The molecule has 1 aliphatic heterocycles. The zero-order valence-electron chi connectivity index (χ0n) is 25.1. The summed E-state index contributed by atoms with van der Waals surface area (Å²) in [7, 11) is -0.401. The molecule has 1 amide bonds. The van der Waals surface area contributed by atoms with Crippen LogP contribution in [-0.4, -0.2) is 93.4 Å². The summed E-state index contributed by atoms with van der Waals surface area (Å²) >= 11 is 0. The molecule has 2 unspecified atom stereocenters. The summed E-state index contributed by atoms with van der Waals surface area (Å²) in [6, 6.07) is 4.81. The summed E-state index contributed by atoms with van der Waals surface area (Å²) in [5, 5.41) is 22.4. The zero-order valence-corrected chi connectivity index (χ0v) is 26.0. The molecule has 3 heterocycles. The topological polar surface area (TPSA) is 212 Å². The minimum Gasteiger partial charge on any atom is -0.497 e. The number of aliphatic hydroxyl groups is 2. The first-order chi connectivity index (χ1) is 21.6. The fourth-order valence-electron chi connectivity index (χ4n) is 4.64. The number of hydrogen-bond acceptors (Lipinski definition) is 12. The quantitative estimate of drug-likeness (QED) is 0.146. The second-order valence-electron chi connectivity index (χ2n) is 10.6. The van der Waals surface area contributed by atoms with Gasteiger partial charge in [-0.25, -0.2) is 14.4 Å². The highest BCUT2D eigenvalue weighted by Crippen LogP contribution is 2.45. The number of aromatic nitrogens is 2. The maximum atomic E-state index is 15.0. The van der Waals surface area contributed by atoms with Crippen molar-refractivity contribution in [2.45, 2.75) is 57.0 Å². The highest BCUT2D eigenvalue weighted by Gasteiger charge is 2.60. The van der Waals surface area contributed by atoms with Crippen LogP contribution in [0, 0.1) is 0 Å². The van der Waals surface area contributed by atoms with Crippen molar-refractivity contribution >= 4 is 30.6 Å². The van der Waals surface area contributed by atoms with E-state index in [0.717, 1.165) is 17.2 Å². The number of rotatable bonds is 13. The van der Waals surface area contributed by atoms with Gasteiger partial charge in [-0.3, -0.25) is 18.7 Å². The van der Waals surface area contributed by atoms with Crippen molar-refractivity contribution in [3.05, 3.63) is 58.0 Å². The van der Waals surface area contributed by atoms with Crippen molar-refractivity contribution < 1.29 is 61.2 Å². The molecule has 0 bridgehead atoms. The number of halogens is 2. The number of benzene rings is 1. The number of carbonyl (C=O) groups is 2. The molecule has 1 saturated heterocycles. The molecule has 2 aromatic heterocycles. The largest absolute Gasteiger partial charge is 0.497 e. The Morgan fingerprint density at radius 2 is 2.00 bits per heavy atom. The van der Waals surface area contributed by atoms with E-state index in [4.69, 9.17) is 23.2 Å². The fourth-order valence-corrected chi connectivity index (χ4v) is 5.66. The molecule has 4 rings (SSSR count). The predicted molar refractivity (Wildman–Crippen MR) is 153 cm³/mol. The van der Waals surface area contributed by atoms with Gasteiger partial charge in [-0.1, -0.05) is 0 Å². The number of likely N-dealkylation sites (N-methyl/N-ethyl adjacent to an activating group) is 1. The van der Waals surface area contributed by atoms with Crippen molar-refractivity contribution in [1.82, 2.24) is 19.5 Å². The number of carbonyl (C=O) groups excluding carboxylic acids is 2. The number of nitrogens with zero attached hydrogens (tertiary/aromatic N) is 3. The third-order valence-electron chi connectivity index (χ3n) is 6.93. The molecule has 4 N–H and O–H groups in total. The van der Waals surface area contributed by atoms with Crippen molar-refractivity contribution in [3.8, 4) is 5.75 Å².